The SMILES string of the molecule is Fc1[nH+]c(F)c2c(F)c(F)c(F)c(F)c2c1F. The van der Waals surface area contributed by atoms with Gasteiger partial charge in [0.05, 0.1) is 5.39 Å². The average Bonchev–Trinajstić information content (AvgIpc) is 2.28. The van der Waals surface area contributed by atoms with Crippen LogP contribution in [0.25, 0.3) is 10.8 Å². The number of rotatable bonds is 0. The zero-order valence-electron chi connectivity index (χ0n) is 7.65. The van der Waals surface area contributed by atoms with Gasteiger partial charge in [-0.15, -0.1) is 8.78 Å². The maximum absolute atomic E-state index is 13.1. The quantitative estimate of drug-likeness (QED) is 0.298. The van der Waals surface area contributed by atoms with Crippen LogP contribution in [0.3, 0.4) is 0 Å². The van der Waals surface area contributed by atoms with Crippen molar-refractivity contribution in [3.63, 3.8) is 0 Å². The number of aromatic amines is 1. The number of halogens is 7. The van der Waals surface area contributed by atoms with E-state index in [-0.39, 0.29) is 0 Å². The smallest absolute Gasteiger partial charge is 0.203 e. The van der Waals surface area contributed by atoms with E-state index in [0.29, 0.717) is 0 Å². The van der Waals surface area contributed by atoms with Gasteiger partial charge in [0, 0.05) is 0 Å². The first-order chi connectivity index (χ1) is 7.86. The van der Waals surface area contributed by atoms with Crippen LogP contribution in [-0.4, -0.2) is 0 Å². The lowest BCUT2D eigenvalue weighted by Gasteiger charge is -2.03. The third kappa shape index (κ3) is 1.43. The van der Waals surface area contributed by atoms with Crippen LogP contribution in [0, 0.1) is 41.0 Å². The topological polar surface area (TPSA) is 14.1 Å². The molecule has 0 atom stereocenters. The highest BCUT2D eigenvalue weighted by molar-refractivity contribution is 5.83. The lowest BCUT2D eigenvalue weighted by molar-refractivity contribution is -0.461. The Bertz CT molecular complexity index is 638. The van der Waals surface area contributed by atoms with Gasteiger partial charge in [0.25, 0.3) is 0 Å². The molecule has 1 aromatic heterocycles. The summed E-state index contributed by atoms with van der Waals surface area (Å²) in [5.41, 5.74) is 0. The fraction of sp³-hybridized carbons (Fsp3) is 0. The molecule has 0 aliphatic rings. The second-order valence-corrected chi connectivity index (χ2v) is 3.07. The zero-order chi connectivity index (χ0) is 12.9. The van der Waals surface area contributed by atoms with Gasteiger partial charge in [0.2, 0.25) is 5.82 Å². The van der Waals surface area contributed by atoms with Gasteiger partial charge in [-0.05, 0) is 0 Å². The minimum atomic E-state index is -2.35. The maximum Gasteiger partial charge on any atom is 0.397 e. The number of benzene rings is 1. The highest BCUT2D eigenvalue weighted by Gasteiger charge is 2.31. The molecular formula is C9HF7N+. The Labute approximate surface area is 88.5 Å². The molecule has 8 heteroatoms. The van der Waals surface area contributed by atoms with Crippen molar-refractivity contribution in [2.45, 2.75) is 0 Å². The number of fused-ring (bicyclic) bond motifs is 1. The summed E-state index contributed by atoms with van der Waals surface area (Å²) in [5, 5.41) is -3.16. The third-order valence-corrected chi connectivity index (χ3v) is 2.12. The number of H-pyrrole nitrogens is 1. The molecule has 0 fully saturated rings. The first kappa shape index (κ1) is 11.6. The van der Waals surface area contributed by atoms with E-state index >= 15 is 0 Å². The molecule has 1 heterocycles. The van der Waals surface area contributed by atoms with Crippen LogP contribution < -0.4 is 4.98 Å². The Balaban J connectivity index is 3.17. The lowest BCUT2D eigenvalue weighted by Crippen LogP contribution is -2.19. The molecule has 1 aromatic carbocycles. The molecule has 90 valence electrons. The van der Waals surface area contributed by atoms with Gasteiger partial charge in [-0.3, -0.25) is 0 Å². The Kier molecular flexibility index (Phi) is 2.44. The van der Waals surface area contributed by atoms with E-state index in [0.717, 1.165) is 4.98 Å². The van der Waals surface area contributed by atoms with Crippen LogP contribution in [0.4, 0.5) is 30.7 Å². The Morgan fingerprint density at radius 3 is 1.47 bits per heavy atom. The van der Waals surface area contributed by atoms with Crippen LogP contribution in [-0.2, 0) is 0 Å². The minimum Gasteiger partial charge on any atom is -0.203 e. The van der Waals surface area contributed by atoms with E-state index < -0.39 is 51.8 Å². The van der Waals surface area contributed by atoms with Crippen LogP contribution in [0.15, 0.2) is 0 Å². The van der Waals surface area contributed by atoms with E-state index in [1.807, 2.05) is 0 Å². The number of pyridine rings is 1. The van der Waals surface area contributed by atoms with Gasteiger partial charge >= 0.3 is 11.9 Å². The van der Waals surface area contributed by atoms with Crippen LogP contribution in [0.1, 0.15) is 0 Å². The number of hydrogen-bond acceptors (Lipinski definition) is 0. The fourth-order valence-electron chi connectivity index (χ4n) is 1.37. The molecule has 0 amide bonds. The molecule has 1 N–H and O–H groups in total. The molecule has 0 radical (unpaired) electrons. The summed E-state index contributed by atoms with van der Waals surface area (Å²) in [6.45, 7) is 0. The number of nitrogens with one attached hydrogen (secondary N) is 1. The van der Waals surface area contributed by atoms with Crippen LogP contribution in [0.5, 0.6) is 0 Å². The average molecular weight is 256 g/mol. The summed E-state index contributed by atoms with van der Waals surface area (Å²) < 4.78 is 90.4. The molecule has 0 aliphatic carbocycles. The monoisotopic (exact) mass is 256 g/mol. The van der Waals surface area contributed by atoms with E-state index in [4.69, 9.17) is 0 Å². The van der Waals surface area contributed by atoms with Gasteiger partial charge in [-0.2, -0.15) is 9.37 Å². The molecule has 0 bridgehead atoms. The third-order valence-electron chi connectivity index (χ3n) is 2.12. The molecule has 0 saturated heterocycles. The summed E-state index contributed by atoms with van der Waals surface area (Å²) in [4.78, 5) is 1.09. The molecule has 17 heavy (non-hydrogen) atoms. The summed E-state index contributed by atoms with van der Waals surface area (Å²) in [5.74, 6) is -14.9. The van der Waals surface area contributed by atoms with Crippen molar-refractivity contribution in [3.05, 3.63) is 41.0 Å². The maximum atomic E-state index is 13.1. The first-order valence-electron chi connectivity index (χ1n) is 4.07. The predicted octanol–water partition coefficient (Wildman–Crippen LogP) is 2.63. The van der Waals surface area contributed by atoms with Crippen molar-refractivity contribution in [1.29, 1.82) is 0 Å². The molecule has 2 aromatic rings. The molecular weight excluding hydrogens is 255 g/mol. The minimum absolute atomic E-state index is 1.09. The molecule has 2 rings (SSSR count). The van der Waals surface area contributed by atoms with Gasteiger partial charge < -0.3 is 0 Å². The van der Waals surface area contributed by atoms with Crippen molar-refractivity contribution in [3.8, 4) is 0 Å². The second-order valence-electron chi connectivity index (χ2n) is 3.07. The Hall–Kier alpha value is -1.86. The summed E-state index contributed by atoms with van der Waals surface area (Å²) >= 11 is 0. The van der Waals surface area contributed by atoms with E-state index in [2.05, 4.69) is 0 Å². The standard InChI is InChI=1S/C9F7N/c10-3-1-2(4(11)7(14)6(3)13)8(15)17-9(16)5(1)12/p+1. The van der Waals surface area contributed by atoms with Crippen molar-refractivity contribution in [2.24, 2.45) is 0 Å². The summed E-state index contributed by atoms with van der Waals surface area (Å²) in [6.07, 6.45) is 0. The summed E-state index contributed by atoms with van der Waals surface area (Å²) in [6, 6.07) is 0. The molecule has 0 unspecified atom stereocenters. The largest absolute Gasteiger partial charge is 0.397 e. The fourth-order valence-corrected chi connectivity index (χ4v) is 1.37. The van der Waals surface area contributed by atoms with Gasteiger partial charge in [0.15, 0.2) is 23.3 Å². The number of aromatic nitrogens is 1. The van der Waals surface area contributed by atoms with Gasteiger partial charge in [-0.25, -0.2) is 17.6 Å². The van der Waals surface area contributed by atoms with E-state index in [1.165, 1.54) is 0 Å². The number of hydrogen-bond donors (Lipinski definition) is 0. The summed E-state index contributed by atoms with van der Waals surface area (Å²) in [7, 11) is 0. The Morgan fingerprint density at radius 2 is 0.941 bits per heavy atom. The molecule has 0 aliphatic heterocycles. The normalized spacial score (nSPS) is 11.2. The van der Waals surface area contributed by atoms with Gasteiger partial charge in [0.1, 0.15) is 5.39 Å². The van der Waals surface area contributed by atoms with Crippen molar-refractivity contribution >= 4 is 10.8 Å². The molecule has 1 nitrogen and oxygen atoms in total. The van der Waals surface area contributed by atoms with E-state index in [1.54, 1.807) is 0 Å². The molecule has 0 saturated carbocycles. The second kappa shape index (κ2) is 3.57. The molecule has 0 spiro atoms. The highest BCUT2D eigenvalue weighted by Crippen LogP contribution is 2.29. The van der Waals surface area contributed by atoms with Crippen molar-refractivity contribution < 1.29 is 35.7 Å². The van der Waals surface area contributed by atoms with E-state index in [9.17, 15) is 30.7 Å². The Morgan fingerprint density at radius 1 is 0.471 bits per heavy atom. The first-order valence-corrected chi connectivity index (χ1v) is 4.07. The van der Waals surface area contributed by atoms with Crippen LogP contribution in [0.2, 0.25) is 0 Å². The van der Waals surface area contributed by atoms with Crippen molar-refractivity contribution in [1.82, 2.24) is 0 Å². The van der Waals surface area contributed by atoms with Crippen LogP contribution >= 0.6 is 0 Å². The highest BCUT2D eigenvalue weighted by atomic mass is 19.2. The van der Waals surface area contributed by atoms with Crippen molar-refractivity contribution in [2.75, 3.05) is 0 Å². The predicted molar refractivity (Wildman–Crippen MR) is 40.2 cm³/mol. The van der Waals surface area contributed by atoms with Gasteiger partial charge in [-0.1, -0.05) is 0 Å². The lowest BCUT2D eigenvalue weighted by atomic mass is 10.1. The zero-order valence-corrected chi connectivity index (χ0v) is 7.65.